The molecule has 0 saturated carbocycles. The van der Waals surface area contributed by atoms with Gasteiger partial charge in [0, 0.05) is 5.92 Å². The Bertz CT molecular complexity index is 577. The molecule has 2 atom stereocenters. The molecular weight excluding hydrogens is 296 g/mol. The van der Waals surface area contributed by atoms with Gasteiger partial charge < -0.3 is 9.47 Å². The topological polar surface area (TPSA) is 18.5 Å². The van der Waals surface area contributed by atoms with E-state index in [1.54, 1.807) is 0 Å². The first-order valence-corrected chi connectivity index (χ1v) is 8.79. The smallest absolute Gasteiger partial charge is 0.164 e. The fraction of sp³-hybridized carbons (Fsp3) is 0.364. The molecule has 0 N–H and O–H groups in total. The molecule has 0 radical (unpaired) electrons. The Labute approximate surface area is 145 Å². The van der Waals surface area contributed by atoms with E-state index in [1.807, 2.05) is 36.4 Å². The highest BCUT2D eigenvalue weighted by atomic mass is 16.7. The zero-order valence-corrected chi connectivity index (χ0v) is 14.3. The lowest BCUT2D eigenvalue weighted by Gasteiger charge is -2.29. The highest BCUT2D eigenvalue weighted by Crippen LogP contribution is 2.28. The summed E-state index contributed by atoms with van der Waals surface area (Å²) in [5, 5.41) is 0. The third-order valence-electron chi connectivity index (χ3n) is 4.46. The van der Waals surface area contributed by atoms with E-state index >= 15 is 0 Å². The van der Waals surface area contributed by atoms with Crippen LogP contribution in [0.4, 0.5) is 0 Å². The predicted molar refractivity (Wildman–Crippen MR) is 97.3 cm³/mol. The molecule has 0 aromatic heterocycles. The number of rotatable bonds is 7. The second kappa shape index (κ2) is 8.81. The van der Waals surface area contributed by atoms with Crippen molar-refractivity contribution in [1.29, 1.82) is 0 Å². The molecule has 0 heterocycles. The molecule has 2 nitrogen and oxygen atoms in total. The minimum atomic E-state index is -0.204. The molecule has 24 heavy (non-hydrogen) atoms. The Kier molecular flexibility index (Phi) is 6.22. The molecule has 2 aromatic rings. The third-order valence-corrected chi connectivity index (χ3v) is 4.46. The van der Waals surface area contributed by atoms with E-state index in [0.29, 0.717) is 25.0 Å². The second-order valence-electron chi connectivity index (χ2n) is 6.63. The van der Waals surface area contributed by atoms with E-state index in [4.69, 9.17) is 9.47 Å². The van der Waals surface area contributed by atoms with Crippen LogP contribution in [0.5, 0.6) is 0 Å². The molecule has 0 bridgehead atoms. The Morgan fingerprint density at radius 3 is 1.92 bits per heavy atom. The molecule has 0 spiro atoms. The Balaban J connectivity index is 1.63. The number of allylic oxidation sites excluding steroid dienone is 1. The maximum Gasteiger partial charge on any atom is 0.164 e. The van der Waals surface area contributed by atoms with Crippen LogP contribution in [0, 0.1) is 11.8 Å². The summed E-state index contributed by atoms with van der Waals surface area (Å²) in [5.41, 5.74) is 2.36. The summed E-state index contributed by atoms with van der Waals surface area (Å²) in [6.45, 7) is 3.46. The fourth-order valence-corrected chi connectivity index (χ4v) is 3.13. The minimum Gasteiger partial charge on any atom is -0.347 e. The van der Waals surface area contributed by atoms with Gasteiger partial charge >= 0.3 is 0 Å². The van der Waals surface area contributed by atoms with Crippen molar-refractivity contribution in [2.45, 2.75) is 39.3 Å². The molecule has 1 aliphatic rings. The van der Waals surface area contributed by atoms with Crippen LogP contribution in [0.2, 0.25) is 0 Å². The van der Waals surface area contributed by atoms with Gasteiger partial charge in [-0.25, -0.2) is 0 Å². The SMILES string of the molecule is CC1CC=CC(C(OCc2ccccc2)OCc2ccccc2)C1. The number of hydrogen-bond acceptors (Lipinski definition) is 2. The summed E-state index contributed by atoms with van der Waals surface area (Å²) < 4.78 is 12.3. The van der Waals surface area contributed by atoms with E-state index in [2.05, 4.69) is 43.3 Å². The monoisotopic (exact) mass is 322 g/mol. The van der Waals surface area contributed by atoms with Crippen molar-refractivity contribution < 1.29 is 9.47 Å². The summed E-state index contributed by atoms with van der Waals surface area (Å²) in [5.74, 6) is 1.00. The molecule has 126 valence electrons. The van der Waals surface area contributed by atoms with Crippen LogP contribution in [-0.2, 0) is 22.7 Å². The lowest BCUT2D eigenvalue weighted by molar-refractivity contribution is -0.180. The summed E-state index contributed by atoms with van der Waals surface area (Å²) in [6.07, 6.45) is 6.60. The third kappa shape index (κ3) is 5.05. The number of hydrogen-bond donors (Lipinski definition) is 0. The zero-order chi connectivity index (χ0) is 16.6. The zero-order valence-electron chi connectivity index (χ0n) is 14.3. The van der Waals surface area contributed by atoms with Gasteiger partial charge in [-0.05, 0) is 29.9 Å². The molecular formula is C22H26O2. The molecule has 3 rings (SSSR count). The summed E-state index contributed by atoms with van der Waals surface area (Å²) in [6, 6.07) is 20.6. The Hall–Kier alpha value is -1.90. The van der Waals surface area contributed by atoms with E-state index in [9.17, 15) is 0 Å². The van der Waals surface area contributed by atoms with E-state index in [-0.39, 0.29) is 6.29 Å². The van der Waals surface area contributed by atoms with Crippen LogP contribution >= 0.6 is 0 Å². The van der Waals surface area contributed by atoms with Crippen molar-refractivity contribution in [1.82, 2.24) is 0 Å². The Morgan fingerprint density at radius 1 is 0.875 bits per heavy atom. The van der Waals surface area contributed by atoms with Crippen molar-refractivity contribution >= 4 is 0 Å². The highest BCUT2D eigenvalue weighted by molar-refractivity contribution is 5.14. The first-order valence-electron chi connectivity index (χ1n) is 8.79. The fourth-order valence-electron chi connectivity index (χ4n) is 3.13. The van der Waals surface area contributed by atoms with Gasteiger partial charge in [0.05, 0.1) is 13.2 Å². The van der Waals surface area contributed by atoms with Crippen molar-refractivity contribution in [2.75, 3.05) is 0 Å². The van der Waals surface area contributed by atoms with Crippen molar-refractivity contribution in [3.8, 4) is 0 Å². The van der Waals surface area contributed by atoms with E-state index in [1.165, 1.54) is 11.1 Å². The summed E-state index contributed by atoms with van der Waals surface area (Å²) in [7, 11) is 0. The van der Waals surface area contributed by atoms with Gasteiger partial charge in [0.15, 0.2) is 6.29 Å². The molecule has 2 heteroatoms. The van der Waals surface area contributed by atoms with Gasteiger partial charge in [0.2, 0.25) is 0 Å². The average Bonchev–Trinajstić information content (AvgIpc) is 2.63. The van der Waals surface area contributed by atoms with Gasteiger partial charge in [-0.1, -0.05) is 79.7 Å². The first-order chi connectivity index (χ1) is 11.8. The van der Waals surface area contributed by atoms with Crippen LogP contribution < -0.4 is 0 Å². The van der Waals surface area contributed by atoms with Crippen LogP contribution in [0.1, 0.15) is 30.9 Å². The van der Waals surface area contributed by atoms with E-state index < -0.39 is 0 Å². The molecule has 0 amide bonds. The summed E-state index contributed by atoms with van der Waals surface area (Å²) >= 11 is 0. The highest BCUT2D eigenvalue weighted by Gasteiger charge is 2.25. The van der Waals surface area contributed by atoms with Crippen LogP contribution in [-0.4, -0.2) is 6.29 Å². The lowest BCUT2D eigenvalue weighted by Crippen LogP contribution is -2.28. The summed E-state index contributed by atoms with van der Waals surface area (Å²) in [4.78, 5) is 0. The minimum absolute atomic E-state index is 0.204. The predicted octanol–water partition coefficient (Wildman–Crippen LogP) is 5.35. The van der Waals surface area contributed by atoms with Gasteiger partial charge in [0.25, 0.3) is 0 Å². The van der Waals surface area contributed by atoms with Crippen LogP contribution in [0.15, 0.2) is 72.8 Å². The largest absolute Gasteiger partial charge is 0.347 e. The van der Waals surface area contributed by atoms with Crippen molar-refractivity contribution in [2.24, 2.45) is 11.8 Å². The standard InChI is InChI=1S/C22H26O2/c1-18-9-8-14-21(15-18)22(23-16-19-10-4-2-5-11-19)24-17-20-12-6-3-7-13-20/h2-8,10-14,18,21-22H,9,15-17H2,1H3. The molecule has 0 fully saturated rings. The lowest BCUT2D eigenvalue weighted by atomic mass is 9.87. The quantitative estimate of drug-likeness (QED) is 0.505. The van der Waals surface area contributed by atoms with Crippen molar-refractivity contribution in [3.63, 3.8) is 0 Å². The molecule has 2 aromatic carbocycles. The van der Waals surface area contributed by atoms with E-state index in [0.717, 1.165) is 12.8 Å². The maximum absolute atomic E-state index is 6.16. The Morgan fingerprint density at radius 2 is 1.42 bits per heavy atom. The van der Waals surface area contributed by atoms with Gasteiger partial charge in [-0.3, -0.25) is 0 Å². The molecule has 2 unspecified atom stereocenters. The number of benzene rings is 2. The molecule has 0 aliphatic heterocycles. The number of ether oxygens (including phenoxy) is 2. The van der Waals surface area contributed by atoms with Gasteiger partial charge in [-0.15, -0.1) is 0 Å². The van der Waals surface area contributed by atoms with Crippen LogP contribution in [0.25, 0.3) is 0 Å². The first kappa shape index (κ1) is 16.9. The second-order valence-corrected chi connectivity index (χ2v) is 6.63. The van der Waals surface area contributed by atoms with Gasteiger partial charge in [-0.2, -0.15) is 0 Å². The molecule has 0 saturated heterocycles. The average molecular weight is 322 g/mol. The normalized spacial score (nSPS) is 20.4. The van der Waals surface area contributed by atoms with Crippen molar-refractivity contribution in [3.05, 3.63) is 83.9 Å². The van der Waals surface area contributed by atoms with Crippen LogP contribution in [0.3, 0.4) is 0 Å². The van der Waals surface area contributed by atoms with Gasteiger partial charge in [0.1, 0.15) is 0 Å². The molecule has 1 aliphatic carbocycles. The maximum atomic E-state index is 6.16.